The van der Waals surface area contributed by atoms with Gasteiger partial charge in [0.1, 0.15) is 11.5 Å². The number of nitrogens with zero attached hydrogens (tertiary/aromatic N) is 1. The molecule has 0 aliphatic rings. The first kappa shape index (κ1) is 24.9. The second-order valence-corrected chi connectivity index (χ2v) is 9.22. The van der Waals surface area contributed by atoms with Crippen molar-refractivity contribution < 1.29 is 22.7 Å². The van der Waals surface area contributed by atoms with Gasteiger partial charge in [-0.25, -0.2) is 18.6 Å². The minimum atomic E-state index is -3.85. The van der Waals surface area contributed by atoms with Crippen molar-refractivity contribution in [2.45, 2.75) is 24.3 Å². The normalized spacial score (nSPS) is 12.3. The zero-order chi connectivity index (χ0) is 24.6. The summed E-state index contributed by atoms with van der Waals surface area (Å²) in [6.07, 6.45) is 1.30. The maximum Gasteiger partial charge on any atom is 0.242 e. The molecule has 0 fully saturated rings. The van der Waals surface area contributed by atoms with Crippen LogP contribution in [0.15, 0.2) is 82.8 Å². The number of ether oxygens (including phenoxy) is 2. The molecule has 0 aromatic heterocycles. The van der Waals surface area contributed by atoms with Gasteiger partial charge in [0, 0.05) is 18.1 Å². The van der Waals surface area contributed by atoms with E-state index < -0.39 is 22.0 Å². The average Bonchev–Trinajstić information content (AvgIpc) is 2.84. The highest BCUT2D eigenvalue weighted by molar-refractivity contribution is 7.89. The number of hydrogen-bond donors (Lipinski definition) is 2. The van der Waals surface area contributed by atoms with E-state index in [9.17, 15) is 13.2 Å². The van der Waals surface area contributed by atoms with Crippen LogP contribution in [0.2, 0.25) is 0 Å². The van der Waals surface area contributed by atoms with Gasteiger partial charge >= 0.3 is 0 Å². The Morgan fingerprint density at radius 2 is 1.71 bits per heavy atom. The topological polar surface area (TPSA) is 106 Å². The van der Waals surface area contributed by atoms with Crippen LogP contribution in [0.5, 0.6) is 11.5 Å². The maximum atomic E-state index is 12.9. The zero-order valence-electron chi connectivity index (χ0n) is 19.2. The molecule has 1 atom stereocenters. The molecule has 34 heavy (non-hydrogen) atoms. The number of aryl methyl sites for hydroxylation is 1. The highest BCUT2D eigenvalue weighted by Gasteiger charge is 2.23. The maximum absolute atomic E-state index is 12.9. The monoisotopic (exact) mass is 481 g/mol. The lowest BCUT2D eigenvalue weighted by molar-refractivity contribution is -0.121. The molecule has 2 N–H and O–H groups in total. The Kier molecular flexibility index (Phi) is 8.39. The molecule has 0 spiro atoms. The van der Waals surface area contributed by atoms with Crippen molar-refractivity contribution in [3.05, 3.63) is 89.5 Å². The predicted molar refractivity (Wildman–Crippen MR) is 131 cm³/mol. The van der Waals surface area contributed by atoms with Crippen LogP contribution in [0, 0.1) is 6.92 Å². The van der Waals surface area contributed by atoms with Crippen molar-refractivity contribution >= 4 is 22.1 Å². The highest BCUT2D eigenvalue weighted by atomic mass is 32.2. The Balaban J connectivity index is 1.74. The fraction of sp³-hybridized carbons (Fsp3) is 0.200. The summed E-state index contributed by atoms with van der Waals surface area (Å²) in [6.45, 7) is 1.88. The van der Waals surface area contributed by atoms with Gasteiger partial charge in [0.25, 0.3) is 0 Å². The summed E-state index contributed by atoms with van der Waals surface area (Å²) in [4.78, 5) is 12.8. The highest BCUT2D eigenvalue weighted by Crippen LogP contribution is 2.23. The summed E-state index contributed by atoms with van der Waals surface area (Å²) in [7, 11) is -0.768. The van der Waals surface area contributed by atoms with Gasteiger partial charge in [0.15, 0.2) is 0 Å². The molecule has 0 heterocycles. The first-order valence-electron chi connectivity index (χ1n) is 10.5. The number of hydrazone groups is 1. The van der Waals surface area contributed by atoms with Crippen LogP contribution in [0.25, 0.3) is 0 Å². The number of amides is 1. The number of sulfonamides is 1. The Bertz CT molecular complexity index is 1240. The third-order valence-electron chi connectivity index (χ3n) is 5.05. The molecule has 178 valence electrons. The summed E-state index contributed by atoms with van der Waals surface area (Å²) in [5.74, 6) is 0.708. The molecular formula is C25H27N3O5S. The number of nitrogens with one attached hydrogen (secondary N) is 2. The molecule has 0 unspecified atom stereocenters. The molecule has 0 aliphatic heterocycles. The predicted octanol–water partition coefficient (Wildman–Crippen LogP) is 3.57. The first-order chi connectivity index (χ1) is 16.3. The summed E-state index contributed by atoms with van der Waals surface area (Å²) in [5, 5.41) is 3.99. The van der Waals surface area contributed by atoms with E-state index in [0.29, 0.717) is 22.6 Å². The Morgan fingerprint density at radius 1 is 1.00 bits per heavy atom. The van der Waals surface area contributed by atoms with Gasteiger partial charge in [0.2, 0.25) is 15.9 Å². The quantitative estimate of drug-likeness (QED) is 0.340. The van der Waals surface area contributed by atoms with E-state index in [1.807, 2.05) is 13.0 Å². The Hall–Kier alpha value is -3.69. The first-order valence-corrected chi connectivity index (χ1v) is 12.0. The fourth-order valence-electron chi connectivity index (χ4n) is 3.22. The molecule has 0 radical (unpaired) electrons. The van der Waals surface area contributed by atoms with Crippen molar-refractivity contribution in [3.63, 3.8) is 0 Å². The van der Waals surface area contributed by atoms with Crippen molar-refractivity contribution in [1.82, 2.24) is 10.1 Å². The van der Waals surface area contributed by atoms with Crippen molar-refractivity contribution in [1.29, 1.82) is 0 Å². The van der Waals surface area contributed by atoms with E-state index in [-0.39, 0.29) is 11.3 Å². The number of methoxy groups -OCH3 is 2. The molecule has 3 aromatic carbocycles. The van der Waals surface area contributed by atoms with E-state index in [1.54, 1.807) is 61.7 Å². The summed E-state index contributed by atoms with van der Waals surface area (Å²) in [5.41, 5.74) is 4.70. The van der Waals surface area contributed by atoms with Crippen LogP contribution < -0.4 is 19.6 Å². The minimum Gasteiger partial charge on any atom is -0.497 e. The van der Waals surface area contributed by atoms with Crippen LogP contribution in [-0.2, 0) is 14.8 Å². The van der Waals surface area contributed by atoms with Crippen molar-refractivity contribution in [2.75, 3.05) is 14.2 Å². The molecule has 8 nitrogen and oxygen atoms in total. The van der Waals surface area contributed by atoms with Gasteiger partial charge in [-0.1, -0.05) is 48.0 Å². The van der Waals surface area contributed by atoms with Gasteiger partial charge in [-0.2, -0.15) is 5.10 Å². The van der Waals surface area contributed by atoms with E-state index in [0.717, 1.165) is 5.56 Å². The van der Waals surface area contributed by atoms with Gasteiger partial charge < -0.3 is 9.47 Å². The van der Waals surface area contributed by atoms with E-state index >= 15 is 0 Å². The lowest BCUT2D eigenvalue weighted by Crippen LogP contribution is -2.32. The molecule has 1 amide bonds. The Morgan fingerprint density at radius 3 is 2.35 bits per heavy atom. The summed E-state index contributed by atoms with van der Waals surface area (Å²) in [6, 6.07) is 19.9. The lowest BCUT2D eigenvalue weighted by Gasteiger charge is -2.18. The molecule has 0 saturated carbocycles. The Labute approximate surface area is 199 Å². The molecule has 0 bridgehead atoms. The lowest BCUT2D eigenvalue weighted by atomic mass is 10.0. The molecule has 3 rings (SSSR count). The van der Waals surface area contributed by atoms with Gasteiger partial charge in [0.05, 0.1) is 31.4 Å². The van der Waals surface area contributed by atoms with Crippen LogP contribution in [-0.4, -0.2) is 34.8 Å². The second kappa shape index (κ2) is 11.4. The standard InChI is InChI=1S/C25H27N3O5S/c1-18-9-13-22(14-10-18)34(30,31)28-23(19-7-5-4-6-8-19)16-25(29)27-26-17-20-11-12-21(32-2)15-24(20)33-3/h4-15,17,23,28H,16H2,1-3H3,(H,27,29)/b26-17-/t23-/m1/s1. The molecular weight excluding hydrogens is 454 g/mol. The second-order valence-electron chi connectivity index (χ2n) is 7.50. The number of carbonyl (C=O) groups excluding carboxylic acids is 1. The number of hydrogen-bond acceptors (Lipinski definition) is 6. The molecule has 3 aromatic rings. The third kappa shape index (κ3) is 6.66. The largest absolute Gasteiger partial charge is 0.497 e. The van der Waals surface area contributed by atoms with E-state index in [2.05, 4.69) is 15.2 Å². The van der Waals surface area contributed by atoms with Gasteiger partial charge in [-0.3, -0.25) is 4.79 Å². The van der Waals surface area contributed by atoms with Crippen molar-refractivity contribution in [3.8, 4) is 11.5 Å². The summed E-state index contributed by atoms with van der Waals surface area (Å²) < 4.78 is 39.0. The molecule has 0 aliphatic carbocycles. The van der Waals surface area contributed by atoms with Crippen molar-refractivity contribution in [2.24, 2.45) is 5.10 Å². The number of carbonyl (C=O) groups is 1. The fourth-order valence-corrected chi connectivity index (χ4v) is 4.44. The zero-order valence-corrected chi connectivity index (χ0v) is 20.0. The summed E-state index contributed by atoms with van der Waals surface area (Å²) >= 11 is 0. The SMILES string of the molecule is COc1ccc(/C=N\NC(=O)C[C@@H](NS(=O)(=O)c2ccc(C)cc2)c2ccccc2)c(OC)c1. The van der Waals surface area contributed by atoms with E-state index in [1.165, 1.54) is 25.5 Å². The van der Waals surface area contributed by atoms with Crippen LogP contribution in [0.3, 0.4) is 0 Å². The smallest absolute Gasteiger partial charge is 0.242 e. The van der Waals surface area contributed by atoms with Gasteiger partial charge in [-0.05, 0) is 36.8 Å². The average molecular weight is 482 g/mol. The number of rotatable bonds is 10. The van der Waals surface area contributed by atoms with Crippen LogP contribution in [0.4, 0.5) is 0 Å². The molecule has 9 heteroatoms. The number of benzene rings is 3. The minimum absolute atomic E-state index is 0.129. The molecule has 0 saturated heterocycles. The van der Waals surface area contributed by atoms with Crippen LogP contribution >= 0.6 is 0 Å². The van der Waals surface area contributed by atoms with Gasteiger partial charge in [-0.15, -0.1) is 0 Å². The van der Waals surface area contributed by atoms with E-state index in [4.69, 9.17) is 9.47 Å². The third-order valence-corrected chi connectivity index (χ3v) is 6.54. The van der Waals surface area contributed by atoms with Crippen LogP contribution in [0.1, 0.15) is 29.2 Å².